The normalized spacial score (nSPS) is 12.8. The van der Waals surface area contributed by atoms with E-state index in [4.69, 9.17) is 0 Å². The van der Waals surface area contributed by atoms with Crippen molar-refractivity contribution in [3.63, 3.8) is 0 Å². The number of halogens is 3. The molecule has 102 valence electrons. The molecule has 3 aromatic rings. The summed E-state index contributed by atoms with van der Waals surface area (Å²) in [6, 6.07) is 15.1. The fraction of sp³-hybridized carbons (Fsp3) is 0.125. The van der Waals surface area contributed by atoms with Crippen molar-refractivity contribution < 1.29 is 0 Å². The quantitative estimate of drug-likeness (QED) is 0.344. The summed E-state index contributed by atoms with van der Waals surface area (Å²) >= 11 is 12.9. The number of alkyl halides is 1. The molecule has 0 saturated heterocycles. The summed E-state index contributed by atoms with van der Waals surface area (Å²) in [6.45, 7) is 2.13. The maximum absolute atomic E-state index is 3.86. The Morgan fingerprint density at radius 3 is 2.35 bits per heavy atom. The Morgan fingerprint density at radius 1 is 1.00 bits per heavy atom. The zero-order valence-electron chi connectivity index (χ0n) is 10.7. The van der Waals surface area contributed by atoms with Gasteiger partial charge >= 0.3 is 0 Å². The van der Waals surface area contributed by atoms with E-state index in [1.807, 2.05) is 0 Å². The number of aryl methyl sites for hydroxylation is 1. The fourth-order valence-corrected chi connectivity index (χ4v) is 5.13. The van der Waals surface area contributed by atoms with Gasteiger partial charge in [0, 0.05) is 9.35 Å². The monoisotopic (exact) mass is 472 g/mol. The van der Waals surface area contributed by atoms with Crippen LogP contribution in [0.3, 0.4) is 0 Å². The highest BCUT2D eigenvalue weighted by molar-refractivity contribution is 9.11. The first kappa shape index (κ1) is 14.8. The average molecular weight is 475 g/mol. The van der Waals surface area contributed by atoms with E-state index in [1.54, 1.807) is 11.3 Å². The molecule has 0 N–H and O–H groups in total. The van der Waals surface area contributed by atoms with Crippen molar-refractivity contribution in [2.75, 3.05) is 0 Å². The smallest absolute Gasteiger partial charge is 0.0744 e. The number of hydrogen-bond acceptors (Lipinski definition) is 1. The second-order valence-corrected chi connectivity index (χ2v) is 8.82. The molecule has 0 fully saturated rings. The van der Waals surface area contributed by atoms with Gasteiger partial charge in [0.25, 0.3) is 0 Å². The van der Waals surface area contributed by atoms with Crippen LogP contribution in [0.1, 0.15) is 20.8 Å². The fourth-order valence-electron chi connectivity index (χ4n) is 2.27. The van der Waals surface area contributed by atoms with Gasteiger partial charge in [-0.2, -0.15) is 0 Å². The Hall–Kier alpha value is -0.160. The molecule has 2 aromatic carbocycles. The van der Waals surface area contributed by atoms with Crippen molar-refractivity contribution in [2.24, 2.45) is 0 Å². The van der Waals surface area contributed by atoms with Crippen LogP contribution in [0.25, 0.3) is 10.8 Å². The van der Waals surface area contributed by atoms with Gasteiger partial charge in [0.2, 0.25) is 0 Å². The summed E-state index contributed by atoms with van der Waals surface area (Å²) in [6.07, 6.45) is 0. The number of rotatable bonds is 2. The molecule has 1 atom stereocenters. The van der Waals surface area contributed by atoms with Crippen LogP contribution in [-0.2, 0) is 0 Å². The molecular formula is C16H11Br3S. The largest absolute Gasteiger partial charge is 0.131 e. The molecule has 0 amide bonds. The molecule has 20 heavy (non-hydrogen) atoms. The highest BCUT2D eigenvalue weighted by Crippen LogP contribution is 2.42. The molecule has 0 spiro atoms. The topological polar surface area (TPSA) is 0 Å². The lowest BCUT2D eigenvalue weighted by Gasteiger charge is -2.13. The third-order valence-electron chi connectivity index (χ3n) is 3.30. The molecule has 4 heteroatoms. The van der Waals surface area contributed by atoms with E-state index in [2.05, 4.69) is 97.2 Å². The first-order valence-corrected chi connectivity index (χ1v) is 9.47. The lowest BCUT2D eigenvalue weighted by Crippen LogP contribution is -1.92. The summed E-state index contributed by atoms with van der Waals surface area (Å²) in [5.41, 5.74) is 2.59. The molecule has 0 aliphatic heterocycles. The van der Waals surface area contributed by atoms with Crippen molar-refractivity contribution >= 4 is 69.9 Å². The van der Waals surface area contributed by atoms with Crippen LogP contribution in [0.4, 0.5) is 0 Å². The van der Waals surface area contributed by atoms with Crippen LogP contribution in [0.2, 0.25) is 0 Å². The predicted molar refractivity (Wildman–Crippen MR) is 99.2 cm³/mol. The van der Waals surface area contributed by atoms with E-state index in [9.17, 15) is 0 Å². The summed E-state index contributed by atoms with van der Waals surface area (Å²) in [5.74, 6) is 0. The first-order valence-electron chi connectivity index (χ1n) is 6.15. The molecule has 1 heterocycles. The van der Waals surface area contributed by atoms with E-state index in [0.29, 0.717) is 0 Å². The van der Waals surface area contributed by atoms with Gasteiger partial charge in [-0.25, -0.2) is 0 Å². The van der Waals surface area contributed by atoms with Crippen LogP contribution in [0.15, 0.2) is 50.7 Å². The van der Waals surface area contributed by atoms with Gasteiger partial charge in [-0.15, -0.1) is 11.3 Å². The minimum Gasteiger partial charge on any atom is -0.131 e. The highest BCUT2D eigenvalue weighted by Gasteiger charge is 2.17. The van der Waals surface area contributed by atoms with Crippen molar-refractivity contribution in [1.29, 1.82) is 0 Å². The molecule has 1 unspecified atom stereocenters. The Balaban J connectivity index is 2.17. The van der Waals surface area contributed by atoms with Gasteiger partial charge in [0.1, 0.15) is 0 Å². The number of fused-ring (bicyclic) bond motifs is 1. The summed E-state index contributed by atoms with van der Waals surface area (Å²) in [4.78, 5) is 1.54. The lowest BCUT2D eigenvalue weighted by molar-refractivity contribution is 1.24. The standard InChI is InChI=1S/C16H11Br3S/c1-9-8-14(20-16(9)19)15(18)12-6-7-13(17)11-5-3-2-4-10(11)12/h2-8,15H,1H3. The molecule has 0 aliphatic carbocycles. The van der Waals surface area contributed by atoms with E-state index in [-0.39, 0.29) is 4.83 Å². The molecule has 0 aliphatic rings. The van der Waals surface area contributed by atoms with Crippen LogP contribution in [0.5, 0.6) is 0 Å². The van der Waals surface area contributed by atoms with Crippen molar-refractivity contribution in [3.05, 3.63) is 66.7 Å². The van der Waals surface area contributed by atoms with Crippen LogP contribution in [-0.4, -0.2) is 0 Å². The zero-order chi connectivity index (χ0) is 14.3. The lowest BCUT2D eigenvalue weighted by atomic mass is 10.0. The minimum atomic E-state index is 0.218. The van der Waals surface area contributed by atoms with E-state index in [1.165, 1.54) is 30.6 Å². The van der Waals surface area contributed by atoms with E-state index >= 15 is 0 Å². The molecule has 0 saturated carbocycles. The van der Waals surface area contributed by atoms with Crippen molar-refractivity contribution in [1.82, 2.24) is 0 Å². The van der Waals surface area contributed by atoms with Gasteiger partial charge in [0.15, 0.2) is 0 Å². The molecule has 0 nitrogen and oxygen atoms in total. The van der Waals surface area contributed by atoms with E-state index in [0.717, 1.165) is 4.47 Å². The van der Waals surface area contributed by atoms with Gasteiger partial charge in [-0.3, -0.25) is 0 Å². The third-order valence-corrected chi connectivity index (χ3v) is 7.49. The Morgan fingerprint density at radius 2 is 1.70 bits per heavy atom. The molecule has 0 radical (unpaired) electrons. The van der Waals surface area contributed by atoms with Crippen LogP contribution < -0.4 is 0 Å². The van der Waals surface area contributed by atoms with Gasteiger partial charge in [0.05, 0.1) is 8.61 Å². The van der Waals surface area contributed by atoms with Gasteiger partial charge < -0.3 is 0 Å². The number of thiophene rings is 1. The summed E-state index contributed by atoms with van der Waals surface area (Å²) in [5, 5.41) is 2.53. The molecule has 3 rings (SSSR count). The van der Waals surface area contributed by atoms with Crippen LogP contribution in [0, 0.1) is 6.92 Å². The summed E-state index contributed by atoms with van der Waals surface area (Å²) in [7, 11) is 0. The van der Waals surface area contributed by atoms with Gasteiger partial charge in [-0.05, 0) is 56.9 Å². The van der Waals surface area contributed by atoms with Crippen molar-refractivity contribution in [2.45, 2.75) is 11.8 Å². The van der Waals surface area contributed by atoms with Crippen LogP contribution >= 0.6 is 59.1 Å². The molecule has 0 bridgehead atoms. The summed E-state index contributed by atoms with van der Waals surface area (Å²) < 4.78 is 2.35. The maximum atomic E-state index is 3.86. The zero-order valence-corrected chi connectivity index (χ0v) is 16.2. The molecule has 1 aromatic heterocycles. The second-order valence-electron chi connectivity index (χ2n) is 4.65. The number of hydrogen-bond donors (Lipinski definition) is 0. The van der Waals surface area contributed by atoms with Gasteiger partial charge in [-0.1, -0.05) is 62.2 Å². The van der Waals surface area contributed by atoms with E-state index < -0.39 is 0 Å². The number of benzene rings is 2. The third kappa shape index (κ3) is 2.63. The second kappa shape index (κ2) is 5.91. The predicted octanol–water partition coefficient (Wildman–Crippen LogP) is 7.22. The minimum absolute atomic E-state index is 0.218. The Kier molecular flexibility index (Phi) is 4.37. The molecular weight excluding hydrogens is 464 g/mol. The van der Waals surface area contributed by atoms with Crippen molar-refractivity contribution in [3.8, 4) is 0 Å². The first-order chi connectivity index (χ1) is 9.58. The maximum Gasteiger partial charge on any atom is 0.0744 e. The SMILES string of the molecule is Cc1cc(C(Br)c2ccc(Br)c3ccccc23)sc1Br. The highest BCUT2D eigenvalue weighted by atomic mass is 79.9. The average Bonchev–Trinajstić information content (AvgIpc) is 2.79. The Labute approximate surface area is 147 Å². The Bertz CT molecular complexity index is 757.